The molecular weight excluding hydrogens is 649 g/mol. The Kier molecular flexibility index (Phi) is 11.5. The van der Waals surface area contributed by atoms with Crippen molar-refractivity contribution in [3.63, 3.8) is 0 Å². The monoisotopic (exact) mass is 690 g/mol. The molecule has 0 heteroatoms. The van der Waals surface area contributed by atoms with E-state index in [0.29, 0.717) is 66.8 Å². The molecule has 4 aromatic carbocycles. The standard InChI is InChI=1S/C54H42/c1-16-40-31-46(52(7,8)9)32-41(17-2)49(40)25-22-37-28-38(23-26-50-42(18-3)33-47(53(10,11)12)34-43(50)19-4)30-39(29-37)24-27-51-44(20-5)35-48(54(13,14)15)36-45(51)21-6/h1-6,28-36H,7-15H3. The second-order valence-electron chi connectivity index (χ2n) is 16.0. The molecule has 0 fully saturated rings. The fraction of sp³-hybridized carbons (Fsp3) is 0.222. The summed E-state index contributed by atoms with van der Waals surface area (Å²) >= 11 is 0. The third-order valence-electron chi connectivity index (χ3n) is 8.87. The van der Waals surface area contributed by atoms with Gasteiger partial charge in [-0.3, -0.25) is 0 Å². The molecule has 0 nitrogen and oxygen atoms in total. The van der Waals surface area contributed by atoms with Gasteiger partial charge in [0.15, 0.2) is 0 Å². The highest BCUT2D eigenvalue weighted by Gasteiger charge is 2.20. The van der Waals surface area contributed by atoms with Crippen LogP contribution in [0.2, 0.25) is 0 Å². The molecule has 0 atom stereocenters. The molecular formula is C54H42. The molecule has 0 radical (unpaired) electrons. The Balaban J connectivity index is 1.99. The maximum atomic E-state index is 5.97. The summed E-state index contributed by atoms with van der Waals surface area (Å²) in [5.41, 5.74) is 10.2. The minimum Gasteiger partial charge on any atom is -0.115 e. The Bertz CT molecular complexity index is 2240. The van der Waals surface area contributed by atoms with Crippen LogP contribution in [0.15, 0.2) is 54.6 Å². The van der Waals surface area contributed by atoms with Crippen LogP contribution in [-0.4, -0.2) is 0 Å². The van der Waals surface area contributed by atoms with Crippen molar-refractivity contribution in [2.75, 3.05) is 0 Å². The third kappa shape index (κ3) is 9.04. The fourth-order valence-electron chi connectivity index (χ4n) is 5.56. The summed E-state index contributed by atoms with van der Waals surface area (Å²) in [6.45, 7) is 19.0. The molecule has 0 bridgehead atoms. The summed E-state index contributed by atoms with van der Waals surface area (Å²) in [4.78, 5) is 0. The molecule has 0 aliphatic heterocycles. The van der Waals surface area contributed by atoms with Crippen molar-refractivity contribution in [3.05, 3.63) is 138 Å². The van der Waals surface area contributed by atoms with Crippen molar-refractivity contribution in [2.24, 2.45) is 0 Å². The van der Waals surface area contributed by atoms with Crippen LogP contribution >= 0.6 is 0 Å². The lowest BCUT2D eigenvalue weighted by Gasteiger charge is -2.20. The molecule has 0 unspecified atom stereocenters. The summed E-state index contributed by atoms with van der Waals surface area (Å²) in [7, 11) is 0. The summed E-state index contributed by atoms with van der Waals surface area (Å²) in [5.74, 6) is 36.3. The molecule has 0 amide bonds. The van der Waals surface area contributed by atoms with E-state index in [2.05, 4.69) is 133 Å². The highest BCUT2D eigenvalue weighted by atomic mass is 14.2. The zero-order valence-electron chi connectivity index (χ0n) is 32.7. The smallest absolute Gasteiger partial charge is 0.0562 e. The van der Waals surface area contributed by atoms with Gasteiger partial charge in [0.2, 0.25) is 0 Å². The molecule has 0 heterocycles. The number of benzene rings is 4. The second-order valence-corrected chi connectivity index (χ2v) is 16.0. The van der Waals surface area contributed by atoms with Crippen LogP contribution in [-0.2, 0) is 16.2 Å². The predicted molar refractivity (Wildman–Crippen MR) is 227 cm³/mol. The van der Waals surface area contributed by atoms with Crippen LogP contribution in [0.1, 0.15) is 146 Å². The van der Waals surface area contributed by atoms with Gasteiger partial charge in [-0.2, -0.15) is 0 Å². The predicted octanol–water partition coefficient (Wildman–Crippen LogP) is 9.67. The maximum absolute atomic E-state index is 5.97. The zero-order valence-corrected chi connectivity index (χ0v) is 32.7. The molecule has 0 saturated heterocycles. The van der Waals surface area contributed by atoms with E-state index in [1.807, 2.05) is 54.6 Å². The zero-order chi connectivity index (χ0) is 40.0. The summed E-state index contributed by atoms with van der Waals surface area (Å²) < 4.78 is 0. The quantitative estimate of drug-likeness (QED) is 0.161. The van der Waals surface area contributed by atoms with Crippen LogP contribution < -0.4 is 0 Å². The Morgan fingerprint density at radius 2 is 0.481 bits per heavy atom. The van der Waals surface area contributed by atoms with E-state index >= 15 is 0 Å². The lowest BCUT2D eigenvalue weighted by atomic mass is 9.83. The van der Waals surface area contributed by atoms with E-state index in [0.717, 1.165) is 16.7 Å². The van der Waals surface area contributed by atoms with Crippen LogP contribution in [0.3, 0.4) is 0 Å². The Morgan fingerprint density at radius 3 is 0.630 bits per heavy atom. The van der Waals surface area contributed by atoms with Gasteiger partial charge in [0.05, 0.1) is 16.7 Å². The SMILES string of the molecule is C#Cc1cc(C(C)(C)C)cc(C#C)c1C#Cc1cc(C#Cc2c(C#C)cc(C(C)(C)C)cc2C#C)cc(C#Cc2c(C#C)cc(C(C)(C)C)cc2C#C)c1. The minimum absolute atomic E-state index is 0.152. The first-order valence-electron chi connectivity index (χ1n) is 17.4. The number of rotatable bonds is 0. The Morgan fingerprint density at radius 1 is 0.296 bits per heavy atom. The highest BCUT2D eigenvalue weighted by Crippen LogP contribution is 2.29. The Hall–Kier alpha value is -7.08. The topological polar surface area (TPSA) is 0 Å². The van der Waals surface area contributed by atoms with Gasteiger partial charge in [0.1, 0.15) is 0 Å². The molecule has 0 N–H and O–H groups in total. The van der Waals surface area contributed by atoms with Crippen molar-refractivity contribution in [1.29, 1.82) is 0 Å². The number of hydrogen-bond acceptors (Lipinski definition) is 0. The molecule has 258 valence electrons. The van der Waals surface area contributed by atoms with Gasteiger partial charge in [-0.1, -0.05) is 133 Å². The average molecular weight is 691 g/mol. The summed E-state index contributed by atoms with van der Waals surface area (Å²) in [6.07, 6.45) is 35.8. The Labute approximate surface area is 325 Å². The van der Waals surface area contributed by atoms with Crippen LogP contribution in [0.5, 0.6) is 0 Å². The first-order valence-corrected chi connectivity index (χ1v) is 17.4. The van der Waals surface area contributed by atoms with Gasteiger partial charge in [0, 0.05) is 50.1 Å². The van der Waals surface area contributed by atoms with Crippen molar-refractivity contribution < 1.29 is 0 Å². The summed E-state index contributed by atoms with van der Waals surface area (Å²) in [6, 6.07) is 17.5. The molecule has 4 rings (SSSR count). The van der Waals surface area contributed by atoms with Crippen LogP contribution in [0.25, 0.3) is 0 Å². The second kappa shape index (κ2) is 15.7. The van der Waals surface area contributed by atoms with Gasteiger partial charge in [-0.05, 0) is 87.5 Å². The fourth-order valence-corrected chi connectivity index (χ4v) is 5.56. The first kappa shape index (κ1) is 39.7. The third-order valence-corrected chi connectivity index (χ3v) is 8.87. The van der Waals surface area contributed by atoms with Gasteiger partial charge in [-0.15, -0.1) is 38.5 Å². The van der Waals surface area contributed by atoms with E-state index in [-0.39, 0.29) is 16.2 Å². The number of hydrogen-bond donors (Lipinski definition) is 0. The lowest BCUT2D eigenvalue weighted by Crippen LogP contribution is -2.12. The van der Waals surface area contributed by atoms with Crippen molar-refractivity contribution in [1.82, 2.24) is 0 Å². The van der Waals surface area contributed by atoms with E-state index in [1.54, 1.807) is 0 Å². The lowest BCUT2D eigenvalue weighted by molar-refractivity contribution is 0.589. The summed E-state index contributed by atoms with van der Waals surface area (Å²) in [5, 5.41) is 0. The molecule has 0 aromatic heterocycles. The molecule has 0 aliphatic carbocycles. The largest absolute Gasteiger partial charge is 0.115 e. The molecule has 0 saturated carbocycles. The van der Waals surface area contributed by atoms with Crippen molar-refractivity contribution in [2.45, 2.75) is 78.6 Å². The van der Waals surface area contributed by atoms with E-state index in [1.165, 1.54) is 0 Å². The van der Waals surface area contributed by atoms with Crippen molar-refractivity contribution >= 4 is 0 Å². The molecule has 0 aliphatic rings. The molecule has 54 heavy (non-hydrogen) atoms. The van der Waals surface area contributed by atoms with Gasteiger partial charge < -0.3 is 0 Å². The van der Waals surface area contributed by atoms with Gasteiger partial charge >= 0.3 is 0 Å². The van der Waals surface area contributed by atoms with Crippen LogP contribution in [0.4, 0.5) is 0 Å². The van der Waals surface area contributed by atoms with Gasteiger partial charge in [-0.25, -0.2) is 0 Å². The molecule has 4 aromatic rings. The minimum atomic E-state index is -0.152. The van der Waals surface area contributed by atoms with E-state index in [9.17, 15) is 0 Å². The van der Waals surface area contributed by atoms with Crippen molar-refractivity contribution in [3.8, 4) is 110 Å². The first-order chi connectivity index (χ1) is 25.4. The highest BCUT2D eigenvalue weighted by molar-refractivity contribution is 5.66. The normalized spacial score (nSPS) is 10.5. The van der Waals surface area contributed by atoms with E-state index in [4.69, 9.17) is 38.5 Å². The molecule has 0 spiro atoms. The maximum Gasteiger partial charge on any atom is 0.0562 e. The van der Waals surface area contributed by atoms with E-state index < -0.39 is 0 Å². The average Bonchev–Trinajstić information content (AvgIpc) is 3.12. The van der Waals surface area contributed by atoms with Crippen LogP contribution in [0, 0.1) is 110 Å². The number of terminal acetylenes is 6. The van der Waals surface area contributed by atoms with Gasteiger partial charge in [0.25, 0.3) is 0 Å².